The van der Waals surface area contributed by atoms with Crippen LogP contribution in [0.15, 0.2) is 66.9 Å². The number of aromatic nitrogens is 1. The number of ether oxygens (including phenoxy) is 1. The summed E-state index contributed by atoms with van der Waals surface area (Å²) in [5.74, 6) is -1.47. The van der Waals surface area contributed by atoms with E-state index in [4.69, 9.17) is 9.84 Å². The molecular formula is C23H19ClN2O4. The van der Waals surface area contributed by atoms with Crippen LogP contribution in [-0.2, 0) is 4.74 Å². The molecule has 152 valence electrons. The second-order valence-electron chi connectivity index (χ2n) is 6.46. The van der Waals surface area contributed by atoms with Gasteiger partial charge in [0, 0.05) is 22.7 Å². The molecule has 3 aromatic carbocycles. The molecule has 0 aliphatic carbocycles. The molecule has 2 N–H and O–H groups in total. The Morgan fingerprint density at radius 2 is 1.73 bits per heavy atom. The van der Waals surface area contributed by atoms with Crippen molar-refractivity contribution in [3.05, 3.63) is 78.0 Å². The van der Waals surface area contributed by atoms with E-state index in [0.717, 1.165) is 21.7 Å². The number of hydrogen-bond donors (Lipinski definition) is 2. The topological polar surface area (TPSA) is 88.5 Å². The predicted octanol–water partition coefficient (Wildman–Crippen LogP) is 5.43. The molecule has 0 spiro atoms. The van der Waals surface area contributed by atoms with Crippen molar-refractivity contribution in [3.63, 3.8) is 0 Å². The van der Waals surface area contributed by atoms with Gasteiger partial charge in [-0.25, -0.2) is 9.59 Å². The van der Waals surface area contributed by atoms with E-state index >= 15 is 0 Å². The Morgan fingerprint density at radius 3 is 2.43 bits per heavy atom. The third-order valence-corrected chi connectivity index (χ3v) is 4.66. The number of nitrogens with zero attached hydrogens (tertiary/aromatic N) is 1. The van der Waals surface area contributed by atoms with Gasteiger partial charge in [-0.3, -0.25) is 4.98 Å². The number of anilines is 2. The van der Waals surface area contributed by atoms with Crippen molar-refractivity contribution < 1.29 is 19.4 Å². The smallest absolute Gasteiger partial charge is 0.341 e. The lowest BCUT2D eigenvalue weighted by atomic mass is 10.0. The van der Waals surface area contributed by atoms with E-state index in [9.17, 15) is 9.59 Å². The zero-order valence-electron chi connectivity index (χ0n) is 16.1. The Labute approximate surface area is 178 Å². The molecule has 0 saturated heterocycles. The lowest BCUT2D eigenvalue weighted by Gasteiger charge is -2.15. The maximum atomic E-state index is 12.5. The van der Waals surface area contributed by atoms with Crippen LogP contribution in [0.4, 0.5) is 11.4 Å². The van der Waals surface area contributed by atoms with Gasteiger partial charge in [-0.1, -0.05) is 36.4 Å². The molecule has 1 aromatic heterocycles. The van der Waals surface area contributed by atoms with Crippen molar-refractivity contribution in [2.75, 3.05) is 11.9 Å². The van der Waals surface area contributed by atoms with Gasteiger partial charge < -0.3 is 15.2 Å². The van der Waals surface area contributed by atoms with Crippen LogP contribution in [0.5, 0.6) is 0 Å². The van der Waals surface area contributed by atoms with E-state index < -0.39 is 11.9 Å². The summed E-state index contributed by atoms with van der Waals surface area (Å²) in [6, 6.07) is 18.1. The van der Waals surface area contributed by atoms with Crippen LogP contribution in [0.3, 0.4) is 0 Å². The number of fused-ring (bicyclic) bond motifs is 3. The summed E-state index contributed by atoms with van der Waals surface area (Å²) in [5, 5.41) is 15.1. The monoisotopic (exact) mass is 422 g/mol. The molecule has 0 bridgehead atoms. The maximum Gasteiger partial charge on any atom is 0.341 e. The first-order chi connectivity index (χ1) is 14.1. The Kier molecular flexibility index (Phi) is 6.18. The van der Waals surface area contributed by atoms with E-state index in [1.807, 2.05) is 36.4 Å². The minimum absolute atomic E-state index is 0. The molecule has 0 saturated carbocycles. The van der Waals surface area contributed by atoms with Gasteiger partial charge in [0.2, 0.25) is 0 Å². The summed E-state index contributed by atoms with van der Waals surface area (Å²) >= 11 is 0. The summed E-state index contributed by atoms with van der Waals surface area (Å²) in [6.07, 6.45) is 1.51. The van der Waals surface area contributed by atoms with E-state index in [1.54, 1.807) is 19.1 Å². The number of aromatic carboxylic acids is 1. The number of halogens is 1. The number of pyridine rings is 1. The van der Waals surface area contributed by atoms with Crippen molar-refractivity contribution in [3.8, 4) is 0 Å². The molecular weight excluding hydrogens is 404 g/mol. The normalized spacial score (nSPS) is 10.4. The standard InChI is InChI=1S/C23H18N2O4.ClH/c1-2-29-23(28)19-13-24-20-17-6-4-3-5-14(17)9-12-18(20)21(19)25-16-10-7-15(8-11-16)22(26)27;/h3-13H,2H2,1H3,(H,24,25)(H,26,27);1H. The van der Waals surface area contributed by atoms with Crippen LogP contribution >= 0.6 is 12.4 Å². The number of carboxylic acids is 1. The number of carbonyl (C=O) groups is 2. The van der Waals surface area contributed by atoms with E-state index in [-0.39, 0.29) is 24.6 Å². The first-order valence-electron chi connectivity index (χ1n) is 9.16. The fraction of sp³-hybridized carbons (Fsp3) is 0.0870. The largest absolute Gasteiger partial charge is 0.478 e. The minimum atomic E-state index is -0.996. The van der Waals surface area contributed by atoms with E-state index in [2.05, 4.69) is 10.3 Å². The summed E-state index contributed by atoms with van der Waals surface area (Å²) in [4.78, 5) is 28.2. The van der Waals surface area contributed by atoms with Gasteiger partial charge in [0.1, 0.15) is 5.56 Å². The summed E-state index contributed by atoms with van der Waals surface area (Å²) in [7, 11) is 0. The summed E-state index contributed by atoms with van der Waals surface area (Å²) < 4.78 is 5.20. The molecule has 4 aromatic rings. The highest BCUT2D eigenvalue weighted by Crippen LogP contribution is 2.33. The second kappa shape index (κ2) is 8.80. The third kappa shape index (κ3) is 3.90. The fourth-order valence-corrected chi connectivity index (χ4v) is 3.27. The molecule has 30 heavy (non-hydrogen) atoms. The van der Waals surface area contributed by atoms with Crippen molar-refractivity contribution in [1.82, 2.24) is 4.98 Å². The van der Waals surface area contributed by atoms with Crippen LogP contribution < -0.4 is 5.32 Å². The molecule has 0 amide bonds. The second-order valence-corrected chi connectivity index (χ2v) is 6.46. The Bertz CT molecular complexity index is 1240. The molecule has 0 fully saturated rings. The number of carboxylic acid groups (broad SMARTS) is 1. The zero-order chi connectivity index (χ0) is 20.4. The SMILES string of the molecule is CCOC(=O)c1cnc2c(ccc3ccccc32)c1Nc1ccc(C(=O)O)cc1.Cl. The number of nitrogens with one attached hydrogen (secondary N) is 1. The molecule has 1 heterocycles. The highest BCUT2D eigenvalue weighted by Gasteiger charge is 2.18. The van der Waals surface area contributed by atoms with Gasteiger partial charge in [-0.05, 0) is 36.6 Å². The van der Waals surface area contributed by atoms with Gasteiger partial charge in [0.25, 0.3) is 0 Å². The maximum absolute atomic E-state index is 12.5. The van der Waals surface area contributed by atoms with Crippen LogP contribution in [-0.4, -0.2) is 28.6 Å². The quantitative estimate of drug-likeness (QED) is 0.329. The molecule has 6 nitrogen and oxygen atoms in total. The molecule has 0 aliphatic heterocycles. The third-order valence-electron chi connectivity index (χ3n) is 4.66. The highest BCUT2D eigenvalue weighted by molar-refractivity contribution is 6.13. The van der Waals surface area contributed by atoms with Crippen LogP contribution in [0.2, 0.25) is 0 Å². The van der Waals surface area contributed by atoms with Crippen molar-refractivity contribution in [1.29, 1.82) is 0 Å². The van der Waals surface area contributed by atoms with Crippen molar-refractivity contribution >= 4 is 57.4 Å². The first-order valence-corrected chi connectivity index (χ1v) is 9.16. The van der Waals surface area contributed by atoms with Gasteiger partial charge in [0.15, 0.2) is 0 Å². The van der Waals surface area contributed by atoms with Crippen LogP contribution in [0.1, 0.15) is 27.6 Å². The fourth-order valence-electron chi connectivity index (χ4n) is 3.27. The van der Waals surface area contributed by atoms with E-state index in [1.165, 1.54) is 18.3 Å². The van der Waals surface area contributed by atoms with Gasteiger partial charge in [-0.2, -0.15) is 0 Å². The van der Waals surface area contributed by atoms with Crippen LogP contribution in [0, 0.1) is 0 Å². The van der Waals surface area contributed by atoms with Crippen LogP contribution in [0.25, 0.3) is 21.7 Å². The lowest BCUT2D eigenvalue weighted by Crippen LogP contribution is -2.09. The van der Waals surface area contributed by atoms with Gasteiger partial charge in [-0.15, -0.1) is 12.4 Å². The predicted molar refractivity (Wildman–Crippen MR) is 119 cm³/mol. The zero-order valence-corrected chi connectivity index (χ0v) is 16.9. The Morgan fingerprint density at radius 1 is 1.00 bits per heavy atom. The molecule has 4 rings (SSSR count). The van der Waals surface area contributed by atoms with Crippen molar-refractivity contribution in [2.45, 2.75) is 6.92 Å². The summed E-state index contributed by atoms with van der Waals surface area (Å²) in [5.41, 5.74) is 2.49. The molecule has 0 aliphatic rings. The van der Waals surface area contributed by atoms with Crippen molar-refractivity contribution in [2.24, 2.45) is 0 Å². The summed E-state index contributed by atoms with van der Waals surface area (Å²) in [6.45, 7) is 2.00. The lowest BCUT2D eigenvalue weighted by molar-refractivity contribution is 0.0526. The average Bonchev–Trinajstić information content (AvgIpc) is 2.74. The number of carbonyl (C=O) groups excluding carboxylic acids is 1. The first kappa shape index (κ1) is 21.1. The minimum Gasteiger partial charge on any atom is -0.478 e. The van der Waals surface area contributed by atoms with Gasteiger partial charge >= 0.3 is 11.9 Å². The Hall–Kier alpha value is -3.64. The van der Waals surface area contributed by atoms with E-state index in [0.29, 0.717) is 16.9 Å². The Balaban J connectivity index is 0.00000256. The molecule has 0 radical (unpaired) electrons. The molecule has 0 atom stereocenters. The average molecular weight is 423 g/mol. The van der Waals surface area contributed by atoms with Gasteiger partial charge in [0.05, 0.1) is 23.4 Å². The molecule has 7 heteroatoms. The molecule has 0 unspecified atom stereocenters. The number of hydrogen-bond acceptors (Lipinski definition) is 5. The highest BCUT2D eigenvalue weighted by atomic mass is 35.5. The number of esters is 1. The number of benzene rings is 3. The number of rotatable bonds is 5.